The Morgan fingerprint density at radius 3 is 2.47 bits per heavy atom. The number of rotatable bonds is 4. The summed E-state index contributed by atoms with van der Waals surface area (Å²) in [6.07, 6.45) is 1.53. The van der Waals surface area contributed by atoms with Gasteiger partial charge in [0, 0.05) is 17.6 Å². The van der Waals surface area contributed by atoms with E-state index < -0.39 is 10.0 Å². The van der Waals surface area contributed by atoms with Crippen LogP contribution in [0.4, 0.5) is 5.13 Å². The molecule has 0 amide bonds. The van der Waals surface area contributed by atoms with Crippen LogP contribution >= 0.6 is 11.3 Å². The molecule has 0 aliphatic rings. The fraction of sp³-hybridized carbons (Fsp3) is 0.455. The number of hydrogen-bond acceptors (Lipinski definition) is 5. The van der Waals surface area contributed by atoms with E-state index in [2.05, 4.69) is 14.8 Å². The Balaban J connectivity index is 2.34. The van der Waals surface area contributed by atoms with Gasteiger partial charge in [0.25, 0.3) is 10.0 Å². The molecule has 0 saturated heterocycles. The molecule has 1 N–H and O–H groups in total. The molecule has 2 heterocycles. The number of anilines is 1. The van der Waals surface area contributed by atoms with Gasteiger partial charge in [-0.2, -0.15) is 5.10 Å². The molecule has 2 rings (SSSR count). The maximum Gasteiger partial charge on any atom is 0.267 e. The lowest BCUT2D eigenvalue weighted by Crippen LogP contribution is -2.13. The third kappa shape index (κ3) is 2.79. The van der Waals surface area contributed by atoms with E-state index in [-0.39, 0.29) is 4.90 Å². The van der Waals surface area contributed by atoms with Crippen LogP contribution in [0.25, 0.3) is 0 Å². The maximum absolute atomic E-state index is 12.3. The number of sulfonamides is 1. The van der Waals surface area contributed by atoms with E-state index in [1.165, 1.54) is 17.5 Å². The zero-order valence-corrected chi connectivity index (χ0v) is 12.9. The Morgan fingerprint density at radius 1 is 1.32 bits per heavy atom. The molecule has 0 saturated carbocycles. The third-order valence-electron chi connectivity index (χ3n) is 2.77. The zero-order valence-electron chi connectivity index (χ0n) is 11.3. The highest BCUT2D eigenvalue weighted by atomic mass is 32.2. The smallest absolute Gasteiger partial charge is 0.267 e. The average molecular weight is 300 g/mol. The van der Waals surface area contributed by atoms with E-state index in [9.17, 15) is 8.42 Å². The van der Waals surface area contributed by atoms with E-state index in [1.807, 2.05) is 20.8 Å². The summed E-state index contributed by atoms with van der Waals surface area (Å²) < 4.78 is 28.6. The van der Waals surface area contributed by atoms with Gasteiger partial charge in [-0.1, -0.05) is 0 Å². The quantitative estimate of drug-likeness (QED) is 0.938. The van der Waals surface area contributed by atoms with E-state index in [1.54, 1.807) is 11.6 Å². The zero-order chi connectivity index (χ0) is 14.2. The molecule has 0 bridgehead atoms. The van der Waals surface area contributed by atoms with Gasteiger partial charge in [0.05, 0.1) is 11.4 Å². The normalized spacial score (nSPS) is 11.8. The van der Waals surface area contributed by atoms with Gasteiger partial charge < -0.3 is 0 Å². The van der Waals surface area contributed by atoms with Crippen molar-refractivity contribution in [2.75, 3.05) is 4.72 Å². The van der Waals surface area contributed by atoms with Crippen molar-refractivity contribution in [2.45, 2.75) is 39.1 Å². The van der Waals surface area contributed by atoms with Gasteiger partial charge in [0.15, 0.2) is 5.13 Å². The molecule has 8 heteroatoms. The van der Waals surface area contributed by atoms with Gasteiger partial charge in [0.2, 0.25) is 0 Å². The summed E-state index contributed by atoms with van der Waals surface area (Å²) in [6, 6.07) is 0. The first kappa shape index (κ1) is 14.0. The first-order chi connectivity index (χ1) is 8.83. The second-order valence-electron chi connectivity index (χ2n) is 4.20. The summed E-state index contributed by atoms with van der Waals surface area (Å²) in [5.74, 6) is 0. The summed E-state index contributed by atoms with van der Waals surface area (Å²) >= 11 is 1.33. The highest BCUT2D eigenvalue weighted by Gasteiger charge is 2.21. The third-order valence-corrected chi connectivity index (χ3v) is 5.32. The van der Waals surface area contributed by atoms with Crippen LogP contribution in [-0.2, 0) is 16.6 Å². The van der Waals surface area contributed by atoms with Crippen molar-refractivity contribution >= 4 is 26.5 Å². The summed E-state index contributed by atoms with van der Waals surface area (Å²) in [7, 11) is -3.62. The minimum Gasteiger partial charge on any atom is -0.271 e. The first-order valence-electron chi connectivity index (χ1n) is 5.84. The van der Waals surface area contributed by atoms with Gasteiger partial charge in [-0.05, 0) is 27.7 Å². The summed E-state index contributed by atoms with van der Waals surface area (Å²) in [6.45, 7) is 7.98. The molecule has 0 aliphatic heterocycles. The van der Waals surface area contributed by atoms with Crippen molar-refractivity contribution in [1.82, 2.24) is 14.8 Å². The number of nitrogens with zero attached hydrogens (tertiary/aromatic N) is 3. The van der Waals surface area contributed by atoms with Crippen molar-refractivity contribution in [2.24, 2.45) is 0 Å². The Bertz CT molecular complexity index is 681. The van der Waals surface area contributed by atoms with Gasteiger partial charge >= 0.3 is 0 Å². The SMILES string of the molecule is CCn1cc(S(=O)(=O)Nc2nc(C)c(C)s2)c(C)n1. The second-order valence-corrected chi connectivity index (χ2v) is 7.05. The number of nitrogens with one attached hydrogen (secondary N) is 1. The number of aromatic nitrogens is 3. The fourth-order valence-corrected chi connectivity index (χ4v) is 3.85. The van der Waals surface area contributed by atoms with Crippen LogP contribution in [0.5, 0.6) is 0 Å². The molecule has 0 fully saturated rings. The average Bonchev–Trinajstić information content (AvgIpc) is 2.83. The predicted octanol–water partition coefficient (Wildman–Crippen LogP) is 2.09. The molecule has 0 spiro atoms. The highest BCUT2D eigenvalue weighted by molar-refractivity contribution is 7.93. The molecular formula is C11H16N4O2S2. The predicted molar refractivity (Wildman–Crippen MR) is 75.0 cm³/mol. The van der Waals surface area contributed by atoms with Crippen LogP contribution in [0.2, 0.25) is 0 Å². The molecule has 0 aromatic carbocycles. The van der Waals surface area contributed by atoms with Crippen LogP contribution in [0, 0.1) is 20.8 Å². The summed E-state index contributed by atoms with van der Waals surface area (Å²) in [5, 5.41) is 4.53. The molecule has 0 radical (unpaired) electrons. The van der Waals surface area contributed by atoms with E-state index in [4.69, 9.17) is 0 Å². The summed E-state index contributed by atoms with van der Waals surface area (Å²) in [5.41, 5.74) is 1.32. The fourth-order valence-electron chi connectivity index (χ4n) is 1.61. The molecule has 2 aromatic rings. The Labute approximate surface area is 116 Å². The largest absolute Gasteiger partial charge is 0.271 e. The van der Waals surface area contributed by atoms with Gasteiger partial charge in [-0.25, -0.2) is 13.4 Å². The van der Waals surface area contributed by atoms with Crippen molar-refractivity contribution in [3.63, 3.8) is 0 Å². The van der Waals surface area contributed by atoms with Crippen LogP contribution in [0.3, 0.4) is 0 Å². The number of aryl methyl sites for hydroxylation is 4. The van der Waals surface area contributed by atoms with Crippen molar-refractivity contribution in [1.29, 1.82) is 0 Å². The molecule has 0 aliphatic carbocycles. The van der Waals surface area contributed by atoms with Crippen LogP contribution in [0.15, 0.2) is 11.1 Å². The van der Waals surface area contributed by atoms with Crippen molar-refractivity contribution in [3.8, 4) is 0 Å². The lowest BCUT2D eigenvalue weighted by molar-refractivity contribution is 0.600. The van der Waals surface area contributed by atoms with E-state index >= 15 is 0 Å². The maximum atomic E-state index is 12.3. The van der Waals surface area contributed by atoms with Gasteiger partial charge in [-0.15, -0.1) is 11.3 Å². The van der Waals surface area contributed by atoms with Gasteiger partial charge in [-0.3, -0.25) is 9.40 Å². The Kier molecular flexibility index (Phi) is 3.64. The monoisotopic (exact) mass is 300 g/mol. The minimum absolute atomic E-state index is 0.194. The first-order valence-corrected chi connectivity index (χ1v) is 8.14. The van der Waals surface area contributed by atoms with Crippen LogP contribution in [0.1, 0.15) is 23.2 Å². The standard InChI is InChI=1S/C11H16N4O2S2/c1-5-15-6-10(8(3)13-15)19(16,17)14-11-12-7(2)9(4)18-11/h6H,5H2,1-4H3,(H,12,14). The molecule has 2 aromatic heterocycles. The molecule has 104 valence electrons. The second kappa shape index (κ2) is 4.93. The Hall–Kier alpha value is -1.41. The molecule has 19 heavy (non-hydrogen) atoms. The van der Waals surface area contributed by atoms with E-state index in [0.717, 1.165) is 10.6 Å². The Morgan fingerprint density at radius 2 is 2.00 bits per heavy atom. The van der Waals surface area contributed by atoms with Crippen LogP contribution in [-0.4, -0.2) is 23.2 Å². The molecule has 0 atom stereocenters. The van der Waals surface area contributed by atoms with Crippen molar-refractivity contribution in [3.05, 3.63) is 22.5 Å². The highest BCUT2D eigenvalue weighted by Crippen LogP contribution is 2.24. The van der Waals surface area contributed by atoms with Crippen LogP contribution < -0.4 is 4.72 Å². The lowest BCUT2D eigenvalue weighted by Gasteiger charge is -2.02. The minimum atomic E-state index is -3.62. The number of hydrogen-bond donors (Lipinski definition) is 1. The van der Waals surface area contributed by atoms with E-state index in [0.29, 0.717) is 17.4 Å². The molecule has 6 nitrogen and oxygen atoms in total. The summed E-state index contributed by atoms with van der Waals surface area (Å²) in [4.78, 5) is 5.37. The van der Waals surface area contributed by atoms with Gasteiger partial charge in [0.1, 0.15) is 4.90 Å². The molecule has 0 unspecified atom stereocenters. The number of thiazole rings is 1. The van der Waals surface area contributed by atoms with Crippen molar-refractivity contribution < 1.29 is 8.42 Å². The lowest BCUT2D eigenvalue weighted by atomic mass is 10.4. The molecular weight excluding hydrogens is 284 g/mol. The topological polar surface area (TPSA) is 76.9 Å².